The second kappa shape index (κ2) is 11.7. The smallest absolute Gasteiger partial charge is 0.279 e. The number of anilines is 2. The molecule has 5 rings (SSSR count). The number of nitrogens with zero attached hydrogens (tertiary/aromatic N) is 3. The molecule has 9 heteroatoms. The molecule has 0 aliphatic carbocycles. The van der Waals surface area contributed by atoms with Crippen molar-refractivity contribution in [3.8, 4) is 11.5 Å². The van der Waals surface area contributed by atoms with Gasteiger partial charge in [-0.25, -0.2) is 9.37 Å². The largest absolute Gasteiger partial charge is 0.506 e. The number of carbonyl (C=O) groups is 1. The highest BCUT2D eigenvalue weighted by atomic mass is 32.1. The van der Waals surface area contributed by atoms with Gasteiger partial charge in [-0.1, -0.05) is 33.3 Å². The first kappa shape index (κ1) is 28.3. The predicted molar refractivity (Wildman–Crippen MR) is 160 cm³/mol. The van der Waals surface area contributed by atoms with Gasteiger partial charge in [0, 0.05) is 29.7 Å². The summed E-state index contributed by atoms with van der Waals surface area (Å²) in [5.74, 6) is -0.600. The van der Waals surface area contributed by atoms with Crippen LogP contribution in [0.2, 0.25) is 0 Å². The summed E-state index contributed by atoms with van der Waals surface area (Å²) in [5.41, 5.74) is 3.67. The van der Waals surface area contributed by atoms with Crippen molar-refractivity contribution in [2.45, 2.75) is 53.2 Å². The number of amides is 1. The molecule has 41 heavy (non-hydrogen) atoms. The van der Waals surface area contributed by atoms with E-state index in [2.05, 4.69) is 36.1 Å². The number of halogens is 1. The molecule has 212 valence electrons. The summed E-state index contributed by atoms with van der Waals surface area (Å²) in [6.45, 7) is 8.66. The van der Waals surface area contributed by atoms with E-state index in [9.17, 15) is 9.90 Å². The van der Waals surface area contributed by atoms with E-state index in [-0.39, 0.29) is 16.9 Å². The number of ether oxygens (including phenoxy) is 1. The average Bonchev–Trinajstić information content (AvgIpc) is 3.46. The maximum atomic E-state index is 16.1. The highest BCUT2D eigenvalue weighted by molar-refractivity contribution is 7.07. The fourth-order valence-electron chi connectivity index (χ4n) is 4.88. The maximum absolute atomic E-state index is 16.1. The quantitative estimate of drug-likeness (QED) is 0.209. The monoisotopic (exact) mass is 572 g/mol. The van der Waals surface area contributed by atoms with E-state index in [4.69, 9.17) is 4.74 Å². The van der Waals surface area contributed by atoms with E-state index in [0.717, 1.165) is 23.3 Å². The van der Waals surface area contributed by atoms with Gasteiger partial charge in [-0.15, -0.1) is 0 Å². The molecular weight excluding hydrogens is 539 g/mol. The summed E-state index contributed by atoms with van der Waals surface area (Å²) >= 11 is 1.57. The van der Waals surface area contributed by atoms with E-state index >= 15 is 4.39 Å². The van der Waals surface area contributed by atoms with E-state index in [1.807, 2.05) is 23.8 Å². The summed E-state index contributed by atoms with van der Waals surface area (Å²) in [6, 6.07) is 10.8. The third-order valence-corrected chi connectivity index (χ3v) is 8.30. The Morgan fingerprint density at radius 1 is 1.22 bits per heavy atom. The molecular formula is C32H33FN4O3S. The van der Waals surface area contributed by atoms with Gasteiger partial charge >= 0.3 is 0 Å². The van der Waals surface area contributed by atoms with E-state index < -0.39 is 17.8 Å². The van der Waals surface area contributed by atoms with Crippen LogP contribution >= 0.6 is 11.3 Å². The van der Waals surface area contributed by atoms with Gasteiger partial charge in [0.15, 0.2) is 0 Å². The van der Waals surface area contributed by atoms with Crippen molar-refractivity contribution in [3.63, 3.8) is 0 Å². The molecule has 0 spiro atoms. The third-order valence-electron chi connectivity index (χ3n) is 7.57. The molecule has 1 aliphatic heterocycles. The normalized spacial score (nSPS) is 15.2. The van der Waals surface area contributed by atoms with Crippen LogP contribution in [-0.2, 0) is 6.61 Å². The van der Waals surface area contributed by atoms with Gasteiger partial charge in [-0.05, 0) is 71.0 Å². The minimum Gasteiger partial charge on any atom is -0.506 e. The lowest BCUT2D eigenvalue weighted by Crippen LogP contribution is -2.36. The number of phenolic OH excluding ortho intramolecular Hbond substituents is 1. The molecule has 0 bridgehead atoms. The molecule has 0 radical (unpaired) electrons. The molecule has 0 saturated carbocycles. The standard InChI is InChI=1S/C32H33FN4O3S/c1-5-32(3,4)16-25-20(2)30(23-10-9-22(15-24(23)33)40-18-21-11-14-41-19-21)37(31(39)26-17-34-12-13-35-26)27-7-6-8-28(38)29(27)36-25/h6-15,17,19,30,36,38H,5,16,18H2,1-4H3. The number of allylic oxidation sites excluding steroid dienone is 1. The van der Waals surface area contributed by atoms with Crippen molar-refractivity contribution in [2.75, 3.05) is 10.2 Å². The number of phenols is 1. The number of hydrogen-bond acceptors (Lipinski definition) is 7. The molecule has 1 amide bonds. The SMILES string of the molecule is CCC(C)(C)CC1=C(C)C(c2ccc(OCc3ccsc3)cc2F)N(C(=O)c2cnccn2)c2cccc(O)c2N1. The minimum absolute atomic E-state index is 0.0163. The molecule has 2 aromatic carbocycles. The van der Waals surface area contributed by atoms with Crippen molar-refractivity contribution in [1.29, 1.82) is 0 Å². The molecule has 1 atom stereocenters. The number of fused-ring (bicyclic) bond motifs is 1. The first-order chi connectivity index (χ1) is 19.7. The van der Waals surface area contributed by atoms with Gasteiger partial charge in [0.1, 0.15) is 35.3 Å². The highest BCUT2D eigenvalue weighted by Gasteiger charge is 2.38. The Bertz CT molecular complexity index is 1570. The Morgan fingerprint density at radius 3 is 2.73 bits per heavy atom. The average molecular weight is 573 g/mol. The fraction of sp³-hybridized carbons (Fsp3) is 0.281. The Balaban J connectivity index is 1.67. The van der Waals surface area contributed by atoms with Crippen LogP contribution in [0.5, 0.6) is 11.5 Å². The number of para-hydroxylation sites is 1. The molecule has 1 unspecified atom stereocenters. The summed E-state index contributed by atoms with van der Waals surface area (Å²) in [7, 11) is 0. The number of rotatable bonds is 8. The lowest BCUT2D eigenvalue weighted by atomic mass is 9.83. The maximum Gasteiger partial charge on any atom is 0.279 e. The van der Waals surface area contributed by atoms with Gasteiger partial charge in [-0.2, -0.15) is 11.3 Å². The molecule has 4 aromatic rings. The van der Waals surface area contributed by atoms with Crippen LogP contribution in [-0.4, -0.2) is 21.0 Å². The second-order valence-corrected chi connectivity index (χ2v) is 11.7. The van der Waals surface area contributed by atoms with Crippen LogP contribution in [0.1, 0.15) is 68.2 Å². The third kappa shape index (κ3) is 5.95. The van der Waals surface area contributed by atoms with Crippen molar-refractivity contribution >= 4 is 28.6 Å². The predicted octanol–water partition coefficient (Wildman–Crippen LogP) is 7.88. The Labute approximate surface area is 243 Å². The van der Waals surface area contributed by atoms with Crippen molar-refractivity contribution < 1.29 is 19.0 Å². The van der Waals surface area contributed by atoms with Gasteiger partial charge in [-0.3, -0.25) is 14.7 Å². The van der Waals surface area contributed by atoms with Gasteiger partial charge in [0.25, 0.3) is 5.91 Å². The van der Waals surface area contributed by atoms with Crippen molar-refractivity contribution in [2.24, 2.45) is 5.41 Å². The molecule has 0 saturated heterocycles. The van der Waals surface area contributed by atoms with Crippen LogP contribution in [0.4, 0.5) is 15.8 Å². The number of thiophene rings is 1. The first-order valence-corrected chi connectivity index (χ1v) is 14.4. The van der Waals surface area contributed by atoms with Crippen LogP contribution in [0.25, 0.3) is 0 Å². The Kier molecular flexibility index (Phi) is 8.08. The molecule has 2 N–H and O–H groups in total. The lowest BCUT2D eigenvalue weighted by Gasteiger charge is -2.33. The molecule has 1 aliphatic rings. The number of aromatic nitrogens is 2. The van der Waals surface area contributed by atoms with E-state index in [0.29, 0.717) is 35.7 Å². The van der Waals surface area contributed by atoms with Crippen molar-refractivity contribution in [3.05, 3.63) is 106 Å². The van der Waals surface area contributed by atoms with Gasteiger partial charge in [0.2, 0.25) is 0 Å². The number of nitrogens with one attached hydrogen (secondary N) is 1. The molecule has 0 fully saturated rings. The van der Waals surface area contributed by atoms with Gasteiger partial charge < -0.3 is 15.2 Å². The summed E-state index contributed by atoms with van der Waals surface area (Å²) in [5, 5.41) is 18.3. The molecule has 3 heterocycles. The number of benzene rings is 2. The summed E-state index contributed by atoms with van der Waals surface area (Å²) in [6.07, 6.45) is 5.84. The zero-order valence-electron chi connectivity index (χ0n) is 23.5. The lowest BCUT2D eigenvalue weighted by molar-refractivity contribution is 0.0974. The van der Waals surface area contributed by atoms with E-state index in [1.165, 1.54) is 29.6 Å². The van der Waals surface area contributed by atoms with Crippen LogP contribution in [0, 0.1) is 11.2 Å². The zero-order valence-corrected chi connectivity index (χ0v) is 24.3. The Hall–Kier alpha value is -4.24. The van der Waals surface area contributed by atoms with Gasteiger partial charge in [0.05, 0.1) is 17.9 Å². The summed E-state index contributed by atoms with van der Waals surface area (Å²) in [4.78, 5) is 24.0. The van der Waals surface area contributed by atoms with Crippen LogP contribution in [0.15, 0.2) is 83.1 Å². The molecule has 2 aromatic heterocycles. The summed E-state index contributed by atoms with van der Waals surface area (Å²) < 4.78 is 21.9. The number of aromatic hydroxyl groups is 1. The zero-order chi connectivity index (χ0) is 29.1. The number of hydrogen-bond donors (Lipinski definition) is 2. The Morgan fingerprint density at radius 2 is 2.05 bits per heavy atom. The minimum atomic E-state index is -0.839. The van der Waals surface area contributed by atoms with Crippen LogP contribution in [0.3, 0.4) is 0 Å². The highest BCUT2D eigenvalue weighted by Crippen LogP contribution is 2.48. The van der Waals surface area contributed by atoms with Crippen molar-refractivity contribution in [1.82, 2.24) is 9.97 Å². The topological polar surface area (TPSA) is 87.6 Å². The van der Waals surface area contributed by atoms with E-state index in [1.54, 1.807) is 41.7 Å². The van der Waals surface area contributed by atoms with Crippen LogP contribution < -0.4 is 15.0 Å². The molecule has 7 nitrogen and oxygen atoms in total. The number of carbonyl (C=O) groups excluding carboxylic acids is 1. The fourth-order valence-corrected chi connectivity index (χ4v) is 5.54. The first-order valence-electron chi connectivity index (χ1n) is 13.5. The second-order valence-electron chi connectivity index (χ2n) is 10.9.